The summed E-state index contributed by atoms with van der Waals surface area (Å²) in [5.41, 5.74) is 2.28. The molecule has 96 valence electrons. The monoisotopic (exact) mass is 262 g/mol. The van der Waals surface area contributed by atoms with E-state index in [1.807, 2.05) is 19.1 Å². The first-order valence-electron chi connectivity index (χ1n) is 6.08. The molecule has 1 aromatic carbocycles. The number of rotatable bonds is 5. The molecule has 0 spiro atoms. The minimum Gasteiger partial charge on any atom is -0.508 e. The zero-order chi connectivity index (χ0) is 13.0. The van der Waals surface area contributed by atoms with Gasteiger partial charge in [0.25, 0.3) is 0 Å². The van der Waals surface area contributed by atoms with Gasteiger partial charge in [-0.2, -0.15) is 0 Å². The van der Waals surface area contributed by atoms with Crippen molar-refractivity contribution in [2.45, 2.75) is 26.3 Å². The van der Waals surface area contributed by atoms with Crippen LogP contribution in [0.3, 0.4) is 0 Å². The maximum Gasteiger partial charge on any atom is 0.115 e. The van der Waals surface area contributed by atoms with E-state index in [1.165, 1.54) is 10.6 Å². The van der Waals surface area contributed by atoms with E-state index in [-0.39, 0.29) is 6.04 Å². The van der Waals surface area contributed by atoms with Gasteiger partial charge < -0.3 is 10.4 Å². The highest BCUT2D eigenvalue weighted by Crippen LogP contribution is 2.16. The number of benzene rings is 1. The molecule has 1 heterocycles. The smallest absolute Gasteiger partial charge is 0.115 e. The summed E-state index contributed by atoms with van der Waals surface area (Å²) in [5.74, 6) is 0.309. The molecule has 2 aromatic rings. The second-order valence-electron chi connectivity index (χ2n) is 4.40. The molecule has 2 N–H and O–H groups in total. The molecular weight excluding hydrogens is 244 g/mol. The lowest BCUT2D eigenvalue weighted by Crippen LogP contribution is -2.21. The molecule has 3 nitrogen and oxygen atoms in total. The first kappa shape index (κ1) is 13.1. The number of aromatic hydroxyl groups is 1. The van der Waals surface area contributed by atoms with Gasteiger partial charge in [-0.05, 0) is 31.5 Å². The summed E-state index contributed by atoms with van der Waals surface area (Å²) in [7, 11) is 0. The van der Waals surface area contributed by atoms with Crippen LogP contribution in [0.15, 0.2) is 29.6 Å². The zero-order valence-corrected chi connectivity index (χ0v) is 11.5. The molecule has 1 unspecified atom stereocenters. The van der Waals surface area contributed by atoms with Gasteiger partial charge >= 0.3 is 0 Å². The highest BCUT2D eigenvalue weighted by molar-refractivity contribution is 7.09. The maximum absolute atomic E-state index is 9.24. The lowest BCUT2D eigenvalue weighted by atomic mass is 10.1. The van der Waals surface area contributed by atoms with Crippen LogP contribution in [-0.2, 0) is 6.42 Å². The molecule has 0 aliphatic heterocycles. The van der Waals surface area contributed by atoms with Crippen molar-refractivity contribution in [1.82, 2.24) is 10.3 Å². The normalized spacial score (nSPS) is 12.6. The minimum absolute atomic E-state index is 0.284. The number of phenols is 1. The summed E-state index contributed by atoms with van der Waals surface area (Å²) in [6.07, 6.45) is 0.959. The number of nitrogens with zero attached hydrogens (tertiary/aromatic N) is 1. The molecule has 0 aliphatic rings. The Labute approximate surface area is 112 Å². The molecule has 18 heavy (non-hydrogen) atoms. The first-order valence-corrected chi connectivity index (χ1v) is 6.96. The third-order valence-electron chi connectivity index (χ3n) is 2.85. The summed E-state index contributed by atoms with van der Waals surface area (Å²) >= 11 is 1.71. The van der Waals surface area contributed by atoms with E-state index in [0.29, 0.717) is 5.75 Å². The van der Waals surface area contributed by atoms with Gasteiger partial charge in [-0.25, -0.2) is 4.98 Å². The number of aryl methyl sites for hydroxylation is 1. The fraction of sp³-hybridized carbons (Fsp3) is 0.357. The molecule has 2 rings (SSSR count). The first-order chi connectivity index (χ1) is 8.65. The Morgan fingerprint density at radius 2 is 2.06 bits per heavy atom. The van der Waals surface area contributed by atoms with Gasteiger partial charge in [-0.3, -0.25) is 0 Å². The van der Waals surface area contributed by atoms with Crippen molar-refractivity contribution in [2.75, 3.05) is 6.54 Å². The lowest BCUT2D eigenvalue weighted by Gasteiger charge is -2.13. The van der Waals surface area contributed by atoms with Crippen molar-refractivity contribution in [3.63, 3.8) is 0 Å². The molecule has 0 amide bonds. The van der Waals surface area contributed by atoms with Crippen LogP contribution in [0.1, 0.15) is 29.2 Å². The summed E-state index contributed by atoms with van der Waals surface area (Å²) in [6, 6.07) is 7.61. The van der Waals surface area contributed by atoms with Crippen LogP contribution in [0.25, 0.3) is 0 Å². The molecule has 0 bridgehead atoms. The zero-order valence-electron chi connectivity index (χ0n) is 10.7. The van der Waals surface area contributed by atoms with E-state index in [4.69, 9.17) is 0 Å². The molecule has 1 aromatic heterocycles. The van der Waals surface area contributed by atoms with E-state index >= 15 is 0 Å². The van der Waals surface area contributed by atoms with E-state index in [2.05, 4.69) is 22.6 Å². The van der Waals surface area contributed by atoms with Crippen molar-refractivity contribution in [3.8, 4) is 5.75 Å². The minimum atomic E-state index is 0.284. The quantitative estimate of drug-likeness (QED) is 0.870. The van der Waals surface area contributed by atoms with E-state index in [1.54, 1.807) is 23.5 Å². The Balaban J connectivity index is 1.81. The predicted octanol–water partition coefficient (Wildman–Crippen LogP) is 3.05. The largest absolute Gasteiger partial charge is 0.508 e. The number of nitrogens with one attached hydrogen (secondary N) is 1. The van der Waals surface area contributed by atoms with Crippen LogP contribution in [0.4, 0.5) is 0 Å². The van der Waals surface area contributed by atoms with Gasteiger partial charge in [0.1, 0.15) is 5.75 Å². The van der Waals surface area contributed by atoms with Crippen LogP contribution in [-0.4, -0.2) is 16.6 Å². The number of thiazole rings is 1. The lowest BCUT2D eigenvalue weighted by molar-refractivity contribution is 0.474. The molecule has 0 aliphatic carbocycles. The molecule has 4 heteroatoms. The molecule has 0 fully saturated rings. The highest BCUT2D eigenvalue weighted by atomic mass is 32.1. The molecule has 0 radical (unpaired) electrons. The Bertz CT molecular complexity index is 493. The van der Waals surface area contributed by atoms with Gasteiger partial charge in [0.2, 0.25) is 0 Å². The van der Waals surface area contributed by atoms with Crippen molar-refractivity contribution >= 4 is 11.3 Å². The van der Waals surface area contributed by atoms with Gasteiger partial charge in [-0.15, -0.1) is 11.3 Å². The SMILES string of the molecule is Cc1csc(CCNC(C)c2ccc(O)cc2)n1. The van der Waals surface area contributed by atoms with Crippen LogP contribution in [0, 0.1) is 6.92 Å². The van der Waals surface area contributed by atoms with Gasteiger partial charge in [-0.1, -0.05) is 12.1 Å². The summed E-state index contributed by atoms with van der Waals surface area (Å²) in [6.45, 7) is 5.06. The van der Waals surface area contributed by atoms with E-state index in [0.717, 1.165) is 18.7 Å². The molecule has 0 saturated heterocycles. The van der Waals surface area contributed by atoms with Crippen LogP contribution < -0.4 is 5.32 Å². The predicted molar refractivity (Wildman–Crippen MR) is 75.1 cm³/mol. The topological polar surface area (TPSA) is 45.1 Å². The number of hydrogen-bond acceptors (Lipinski definition) is 4. The van der Waals surface area contributed by atoms with Gasteiger partial charge in [0.05, 0.1) is 5.01 Å². The van der Waals surface area contributed by atoms with Crippen LogP contribution in [0.5, 0.6) is 5.75 Å². The molecule has 1 atom stereocenters. The average Bonchev–Trinajstić information content (AvgIpc) is 2.76. The number of hydrogen-bond donors (Lipinski definition) is 2. The standard InChI is InChI=1S/C14H18N2OS/c1-10-9-18-14(16-10)7-8-15-11(2)12-3-5-13(17)6-4-12/h3-6,9,11,15,17H,7-8H2,1-2H3. The van der Waals surface area contributed by atoms with Gasteiger partial charge in [0.15, 0.2) is 0 Å². The fourth-order valence-corrected chi connectivity index (χ4v) is 2.57. The maximum atomic E-state index is 9.24. The van der Waals surface area contributed by atoms with E-state index < -0.39 is 0 Å². The second kappa shape index (κ2) is 5.98. The summed E-state index contributed by atoms with van der Waals surface area (Å²) in [4.78, 5) is 4.44. The molecule has 0 saturated carbocycles. The summed E-state index contributed by atoms with van der Waals surface area (Å²) < 4.78 is 0. The van der Waals surface area contributed by atoms with Crippen molar-refractivity contribution in [1.29, 1.82) is 0 Å². The summed E-state index contributed by atoms with van der Waals surface area (Å²) in [5, 5.41) is 16.0. The highest BCUT2D eigenvalue weighted by Gasteiger charge is 2.05. The Hall–Kier alpha value is -1.39. The molecular formula is C14H18N2OS. The van der Waals surface area contributed by atoms with E-state index in [9.17, 15) is 5.11 Å². The Morgan fingerprint density at radius 3 is 2.67 bits per heavy atom. The average molecular weight is 262 g/mol. The second-order valence-corrected chi connectivity index (χ2v) is 5.34. The number of aromatic nitrogens is 1. The Morgan fingerprint density at radius 1 is 1.33 bits per heavy atom. The van der Waals surface area contributed by atoms with Crippen LogP contribution >= 0.6 is 11.3 Å². The van der Waals surface area contributed by atoms with Crippen molar-refractivity contribution in [3.05, 3.63) is 45.9 Å². The number of phenolic OH excluding ortho intramolecular Hbond substituents is 1. The van der Waals surface area contributed by atoms with Crippen LogP contribution in [0.2, 0.25) is 0 Å². The Kier molecular flexibility index (Phi) is 4.33. The third kappa shape index (κ3) is 3.55. The third-order valence-corrected chi connectivity index (χ3v) is 3.88. The fourth-order valence-electron chi connectivity index (χ4n) is 1.79. The van der Waals surface area contributed by atoms with Crippen molar-refractivity contribution < 1.29 is 5.11 Å². The van der Waals surface area contributed by atoms with Crippen molar-refractivity contribution in [2.24, 2.45) is 0 Å². The van der Waals surface area contributed by atoms with Gasteiger partial charge in [0, 0.05) is 30.1 Å².